The maximum atomic E-state index is 12.9. The zero-order valence-electron chi connectivity index (χ0n) is 14.6. The highest BCUT2D eigenvalue weighted by Crippen LogP contribution is 2.16. The van der Waals surface area contributed by atoms with E-state index in [2.05, 4.69) is 15.6 Å². The largest absolute Gasteiger partial charge is 0.497 e. The van der Waals surface area contributed by atoms with Crippen molar-refractivity contribution in [3.05, 3.63) is 59.9 Å². The van der Waals surface area contributed by atoms with Crippen LogP contribution in [-0.2, 0) is 6.42 Å². The lowest BCUT2D eigenvalue weighted by molar-refractivity contribution is 0.321. The van der Waals surface area contributed by atoms with Crippen molar-refractivity contribution < 1.29 is 13.9 Å². The first-order valence-electron chi connectivity index (χ1n) is 8.17. The molecule has 2 N–H and O–H groups in total. The number of guanidine groups is 1. The molecule has 0 bridgehead atoms. The maximum Gasteiger partial charge on any atom is 0.191 e. The molecule has 0 atom stereocenters. The molecule has 134 valence electrons. The van der Waals surface area contributed by atoms with Gasteiger partial charge in [0, 0.05) is 13.6 Å². The van der Waals surface area contributed by atoms with Crippen LogP contribution in [-0.4, -0.2) is 39.8 Å². The second-order valence-electron chi connectivity index (χ2n) is 5.33. The van der Waals surface area contributed by atoms with E-state index in [0.717, 1.165) is 23.5 Å². The fraction of sp³-hybridized carbons (Fsp3) is 0.316. The van der Waals surface area contributed by atoms with Crippen LogP contribution in [0.3, 0.4) is 0 Å². The molecular weight excluding hydrogens is 321 g/mol. The predicted octanol–water partition coefficient (Wildman–Crippen LogP) is 2.62. The Bertz CT molecular complexity index is 657. The van der Waals surface area contributed by atoms with Gasteiger partial charge in [0.1, 0.15) is 23.9 Å². The van der Waals surface area contributed by atoms with Gasteiger partial charge in [-0.2, -0.15) is 0 Å². The van der Waals surface area contributed by atoms with E-state index in [1.54, 1.807) is 26.3 Å². The quantitative estimate of drug-likeness (QED) is 0.439. The van der Waals surface area contributed by atoms with Crippen LogP contribution in [0.15, 0.2) is 53.5 Å². The number of aliphatic imine (C=N–C) groups is 1. The molecule has 0 heterocycles. The molecule has 5 nitrogen and oxygen atoms in total. The van der Waals surface area contributed by atoms with Gasteiger partial charge in [-0.15, -0.1) is 0 Å². The molecule has 0 saturated carbocycles. The fourth-order valence-electron chi connectivity index (χ4n) is 2.21. The number of benzene rings is 2. The van der Waals surface area contributed by atoms with E-state index in [1.807, 2.05) is 24.3 Å². The number of hydrogen-bond donors (Lipinski definition) is 2. The van der Waals surface area contributed by atoms with Crippen LogP contribution in [0.5, 0.6) is 11.5 Å². The summed E-state index contributed by atoms with van der Waals surface area (Å²) in [5.41, 5.74) is 1.08. The molecule has 0 aliphatic carbocycles. The highest BCUT2D eigenvalue weighted by molar-refractivity contribution is 5.79. The van der Waals surface area contributed by atoms with Crippen LogP contribution >= 0.6 is 0 Å². The highest BCUT2D eigenvalue weighted by Gasteiger charge is 1.99. The summed E-state index contributed by atoms with van der Waals surface area (Å²) in [5.74, 6) is 2.09. The standard InChI is InChI=1S/C19H24FN3O2/c1-21-19(22-12-11-15-3-5-16(20)6-4-15)23-13-14-25-18-9-7-17(24-2)8-10-18/h3-10H,11-14H2,1-2H3,(H2,21,22,23). The summed E-state index contributed by atoms with van der Waals surface area (Å²) in [5, 5.41) is 6.41. The van der Waals surface area contributed by atoms with Crippen molar-refractivity contribution in [1.29, 1.82) is 0 Å². The van der Waals surface area contributed by atoms with Crippen molar-refractivity contribution in [2.24, 2.45) is 4.99 Å². The summed E-state index contributed by atoms with van der Waals surface area (Å²) in [7, 11) is 3.35. The third-order valence-corrected chi connectivity index (χ3v) is 3.57. The summed E-state index contributed by atoms with van der Waals surface area (Å²) in [6.45, 7) is 1.86. The van der Waals surface area contributed by atoms with Gasteiger partial charge in [-0.3, -0.25) is 4.99 Å². The van der Waals surface area contributed by atoms with Crippen molar-refractivity contribution >= 4 is 5.96 Å². The summed E-state index contributed by atoms with van der Waals surface area (Å²) in [6, 6.07) is 14.0. The second kappa shape index (κ2) is 10.2. The van der Waals surface area contributed by atoms with Crippen molar-refractivity contribution in [3.8, 4) is 11.5 Å². The highest BCUT2D eigenvalue weighted by atomic mass is 19.1. The van der Waals surface area contributed by atoms with Crippen LogP contribution in [0, 0.1) is 5.82 Å². The van der Waals surface area contributed by atoms with Crippen molar-refractivity contribution in [1.82, 2.24) is 10.6 Å². The number of nitrogens with one attached hydrogen (secondary N) is 2. The van der Waals surface area contributed by atoms with E-state index in [4.69, 9.17) is 9.47 Å². The first kappa shape index (κ1) is 18.6. The lowest BCUT2D eigenvalue weighted by Crippen LogP contribution is -2.40. The minimum absolute atomic E-state index is 0.217. The lowest BCUT2D eigenvalue weighted by Gasteiger charge is -2.12. The smallest absolute Gasteiger partial charge is 0.191 e. The van der Waals surface area contributed by atoms with Crippen LogP contribution in [0.2, 0.25) is 0 Å². The van der Waals surface area contributed by atoms with Gasteiger partial charge in [0.2, 0.25) is 0 Å². The average Bonchev–Trinajstić information content (AvgIpc) is 2.65. The Morgan fingerprint density at radius 3 is 2.24 bits per heavy atom. The Hall–Kier alpha value is -2.76. The van der Waals surface area contributed by atoms with E-state index in [-0.39, 0.29) is 5.82 Å². The van der Waals surface area contributed by atoms with Gasteiger partial charge in [-0.1, -0.05) is 12.1 Å². The predicted molar refractivity (Wildman–Crippen MR) is 98.0 cm³/mol. The summed E-state index contributed by atoms with van der Waals surface area (Å²) in [6.07, 6.45) is 0.795. The number of ether oxygens (including phenoxy) is 2. The van der Waals surface area contributed by atoms with Gasteiger partial charge in [-0.05, 0) is 48.4 Å². The summed E-state index contributed by atoms with van der Waals surface area (Å²) in [4.78, 5) is 4.16. The van der Waals surface area contributed by atoms with Gasteiger partial charge >= 0.3 is 0 Å². The molecule has 0 aliphatic heterocycles. The SMILES string of the molecule is CN=C(NCCOc1ccc(OC)cc1)NCCc1ccc(F)cc1. The first-order chi connectivity index (χ1) is 12.2. The Balaban J connectivity index is 1.63. The van der Waals surface area contributed by atoms with E-state index in [0.29, 0.717) is 25.7 Å². The summed E-state index contributed by atoms with van der Waals surface area (Å²) >= 11 is 0. The molecule has 0 saturated heterocycles. The van der Waals surface area contributed by atoms with E-state index < -0.39 is 0 Å². The van der Waals surface area contributed by atoms with Crippen molar-refractivity contribution in [2.45, 2.75) is 6.42 Å². The Morgan fingerprint density at radius 2 is 1.60 bits per heavy atom. The number of rotatable bonds is 8. The van der Waals surface area contributed by atoms with Crippen molar-refractivity contribution in [3.63, 3.8) is 0 Å². The fourth-order valence-corrected chi connectivity index (χ4v) is 2.21. The number of methoxy groups -OCH3 is 1. The van der Waals surface area contributed by atoms with E-state index in [1.165, 1.54) is 12.1 Å². The Kier molecular flexibility index (Phi) is 7.56. The maximum absolute atomic E-state index is 12.9. The van der Waals surface area contributed by atoms with Gasteiger partial charge < -0.3 is 20.1 Å². The third-order valence-electron chi connectivity index (χ3n) is 3.57. The Labute approximate surface area is 147 Å². The van der Waals surface area contributed by atoms with Crippen LogP contribution in [0.25, 0.3) is 0 Å². The van der Waals surface area contributed by atoms with Crippen molar-refractivity contribution in [2.75, 3.05) is 33.9 Å². The molecule has 25 heavy (non-hydrogen) atoms. The topological polar surface area (TPSA) is 54.9 Å². The van der Waals surface area contributed by atoms with Crippen LogP contribution in [0.4, 0.5) is 4.39 Å². The first-order valence-corrected chi connectivity index (χ1v) is 8.17. The molecule has 6 heteroatoms. The minimum atomic E-state index is -0.217. The molecule has 2 aromatic rings. The van der Waals surface area contributed by atoms with Gasteiger partial charge in [0.15, 0.2) is 5.96 Å². The molecule has 0 unspecified atom stereocenters. The lowest BCUT2D eigenvalue weighted by atomic mass is 10.1. The monoisotopic (exact) mass is 345 g/mol. The number of nitrogens with zero attached hydrogens (tertiary/aromatic N) is 1. The van der Waals surface area contributed by atoms with Gasteiger partial charge in [0.05, 0.1) is 13.7 Å². The third kappa shape index (κ3) is 6.71. The van der Waals surface area contributed by atoms with E-state index in [9.17, 15) is 4.39 Å². The molecule has 2 rings (SSSR count). The Morgan fingerprint density at radius 1 is 0.960 bits per heavy atom. The zero-order chi connectivity index (χ0) is 17.9. The number of halogens is 1. The number of hydrogen-bond acceptors (Lipinski definition) is 3. The molecule has 0 radical (unpaired) electrons. The van der Waals surface area contributed by atoms with Crippen LogP contribution in [0.1, 0.15) is 5.56 Å². The van der Waals surface area contributed by atoms with E-state index >= 15 is 0 Å². The normalized spacial score (nSPS) is 11.1. The molecular formula is C19H24FN3O2. The van der Waals surface area contributed by atoms with Gasteiger partial charge in [0.25, 0.3) is 0 Å². The molecule has 0 aliphatic rings. The average molecular weight is 345 g/mol. The van der Waals surface area contributed by atoms with Crippen LogP contribution < -0.4 is 20.1 Å². The minimum Gasteiger partial charge on any atom is -0.497 e. The van der Waals surface area contributed by atoms with Gasteiger partial charge in [-0.25, -0.2) is 4.39 Å². The molecule has 0 amide bonds. The molecule has 0 spiro atoms. The zero-order valence-corrected chi connectivity index (χ0v) is 14.6. The molecule has 2 aromatic carbocycles. The molecule has 0 aromatic heterocycles. The second-order valence-corrected chi connectivity index (χ2v) is 5.33. The summed E-state index contributed by atoms with van der Waals surface area (Å²) < 4.78 is 23.6. The molecule has 0 fully saturated rings.